The Morgan fingerprint density at radius 3 is 1.27 bits per heavy atom. The van der Waals surface area contributed by atoms with Crippen LogP contribution in [0.25, 0.3) is 63.4 Å². The number of aliphatic hydroxyl groups is 1. The van der Waals surface area contributed by atoms with Crippen LogP contribution in [0.2, 0.25) is 5.02 Å². The number of halogens is 2. The van der Waals surface area contributed by atoms with E-state index < -0.39 is 0 Å². The van der Waals surface area contributed by atoms with Gasteiger partial charge in [0.1, 0.15) is 34.1 Å². The summed E-state index contributed by atoms with van der Waals surface area (Å²) in [7, 11) is 0. The van der Waals surface area contributed by atoms with Gasteiger partial charge in [-0.05, 0) is 206 Å². The second kappa shape index (κ2) is 48.9. The summed E-state index contributed by atoms with van der Waals surface area (Å²) in [6.07, 6.45) is 31.2. The molecule has 0 bridgehead atoms. The van der Waals surface area contributed by atoms with Gasteiger partial charge < -0.3 is 5.11 Å². The van der Waals surface area contributed by atoms with Crippen molar-refractivity contribution in [2.45, 2.75) is 322 Å². The molecule has 6 aliphatic rings. The van der Waals surface area contributed by atoms with Crippen molar-refractivity contribution in [3.05, 3.63) is 132 Å². The third kappa shape index (κ3) is 24.4. The van der Waals surface area contributed by atoms with Crippen molar-refractivity contribution in [2.24, 2.45) is 69.6 Å². The van der Waals surface area contributed by atoms with Crippen molar-refractivity contribution in [1.82, 2.24) is 0 Å². The molecular formula is C96H115ClFN13OS18. The highest BCUT2D eigenvalue weighted by atomic mass is 35.5. The van der Waals surface area contributed by atoms with E-state index in [0.29, 0.717) is 22.3 Å². The minimum absolute atomic E-state index is 0.148. The van der Waals surface area contributed by atoms with Crippen molar-refractivity contribution in [1.29, 1.82) is 0 Å². The maximum absolute atomic E-state index is 13.9. The summed E-state index contributed by atoms with van der Waals surface area (Å²) in [5.41, 5.74) is 16.2. The molecule has 130 heavy (non-hydrogen) atoms. The van der Waals surface area contributed by atoms with E-state index in [1.807, 2.05) is 77.5 Å². The van der Waals surface area contributed by atoms with Gasteiger partial charge in [-0.3, -0.25) is 0 Å². The summed E-state index contributed by atoms with van der Waals surface area (Å²) in [5, 5.41) is 36.1. The highest BCUT2D eigenvalue weighted by molar-refractivity contribution is 7.99. The van der Waals surface area contributed by atoms with Crippen molar-refractivity contribution < 1.29 is 9.50 Å². The van der Waals surface area contributed by atoms with Crippen molar-refractivity contribution in [2.75, 3.05) is 6.61 Å². The van der Waals surface area contributed by atoms with Crippen molar-refractivity contribution >= 4 is 259 Å². The number of thiophene rings is 12. The summed E-state index contributed by atoms with van der Waals surface area (Å²) < 4.78 is 39.5. The number of hydrogen-bond donors (Lipinski definition) is 1. The number of rotatable bonds is 27. The van der Waals surface area contributed by atoms with Crippen molar-refractivity contribution in [3.8, 4) is 58.5 Å². The molecule has 12 aromatic rings. The molecule has 0 aromatic carbocycles. The normalized spacial score (nSPS) is 13.5. The van der Waals surface area contributed by atoms with E-state index in [2.05, 4.69) is 176 Å². The van der Waals surface area contributed by atoms with Gasteiger partial charge >= 0.3 is 0 Å². The fourth-order valence-corrected chi connectivity index (χ4v) is 35.9. The predicted octanol–water partition coefficient (Wildman–Crippen LogP) is 43.9. The van der Waals surface area contributed by atoms with E-state index in [4.69, 9.17) is 32.9 Å². The van der Waals surface area contributed by atoms with Crippen LogP contribution in [0.5, 0.6) is 0 Å². The van der Waals surface area contributed by atoms with E-state index in [9.17, 15) is 4.39 Å². The zero-order valence-electron chi connectivity index (χ0n) is 77.9. The Morgan fingerprint density at radius 1 is 0.346 bits per heavy atom. The van der Waals surface area contributed by atoms with Gasteiger partial charge in [-0.2, -0.15) is 11.3 Å². The average molecular weight is 2100 g/mol. The average Bonchev–Trinajstić information content (AvgIpc) is 1.60. The Morgan fingerprint density at radius 2 is 0.723 bits per heavy atom. The Balaban J connectivity index is 0.000000138. The zero-order valence-corrected chi connectivity index (χ0v) is 93.3. The number of fused-ring (bicyclic) bond motifs is 18. The highest BCUT2D eigenvalue weighted by Crippen LogP contribution is 2.61. The van der Waals surface area contributed by atoms with Crippen LogP contribution >= 0.6 is 219 Å². The van der Waals surface area contributed by atoms with E-state index in [1.54, 1.807) is 92.5 Å². The fraction of sp³-hybridized carbons (Fsp3) is 0.490. The van der Waals surface area contributed by atoms with Gasteiger partial charge in [-0.25, -0.2) is 9.24 Å². The molecule has 0 saturated carbocycles. The molecule has 0 amide bonds. The molecule has 1 N–H and O–H groups in total. The molecule has 0 aliphatic carbocycles. The lowest BCUT2D eigenvalue weighted by Crippen LogP contribution is -2.06. The molecule has 12 aromatic heterocycles. The van der Waals surface area contributed by atoms with Gasteiger partial charge in [0.15, 0.2) is 5.82 Å². The summed E-state index contributed by atoms with van der Waals surface area (Å²) >= 11 is 36.3. The van der Waals surface area contributed by atoms with Crippen LogP contribution < -0.4 is 0 Å². The zero-order chi connectivity index (χ0) is 92.7. The van der Waals surface area contributed by atoms with Gasteiger partial charge in [0.05, 0.1) is 99.5 Å². The molecule has 34 heteroatoms. The lowest BCUT2D eigenvalue weighted by atomic mass is 9.88. The molecule has 692 valence electrons. The van der Waals surface area contributed by atoms with Crippen molar-refractivity contribution in [3.63, 3.8) is 0 Å². The molecule has 0 radical (unpaired) electrons. The largest absolute Gasteiger partial charge is 0.396 e. The third-order valence-electron chi connectivity index (χ3n) is 23.9. The lowest BCUT2D eigenvalue weighted by Gasteiger charge is -2.18. The number of aryl methyl sites for hydroxylation is 12. The Kier molecular flexibility index (Phi) is 38.8. The minimum Gasteiger partial charge on any atom is -0.396 e. The monoisotopic (exact) mass is 2100 g/mol. The summed E-state index contributed by atoms with van der Waals surface area (Å²) in [4.78, 5) is 40.2. The summed E-state index contributed by atoms with van der Waals surface area (Å²) in [6.45, 7) is 50.8. The first-order chi connectivity index (χ1) is 62.7. The molecule has 0 saturated heterocycles. The second-order valence-electron chi connectivity index (χ2n) is 33.6. The topological polar surface area (TPSA) is 173 Å². The van der Waals surface area contributed by atoms with Gasteiger partial charge in [0.2, 0.25) is 5.69 Å². The fourth-order valence-electron chi connectivity index (χ4n) is 16.0. The van der Waals surface area contributed by atoms with Crippen LogP contribution in [-0.2, 0) is 19.3 Å². The van der Waals surface area contributed by atoms with Crippen LogP contribution in [0.4, 0.5) is 44.2 Å². The first kappa shape index (κ1) is 103. The smallest absolute Gasteiger partial charge is 0.216 e. The Labute approximate surface area is 847 Å². The van der Waals surface area contributed by atoms with Gasteiger partial charge in [-0.15, -0.1) is 183 Å². The van der Waals surface area contributed by atoms with Crippen LogP contribution in [0.3, 0.4) is 0 Å². The maximum atomic E-state index is 13.9. The molecule has 6 aliphatic heterocycles. The van der Waals surface area contributed by atoms with E-state index in [1.165, 1.54) is 319 Å². The quantitative estimate of drug-likeness (QED) is 0.0303. The highest BCUT2D eigenvalue weighted by Gasteiger charge is 2.33. The van der Waals surface area contributed by atoms with Crippen LogP contribution in [0.15, 0.2) is 99.3 Å². The summed E-state index contributed by atoms with van der Waals surface area (Å²) in [6, 6.07) is 4.29. The third-order valence-corrected chi connectivity index (χ3v) is 44.4. The molecule has 2 atom stereocenters. The molecule has 0 spiro atoms. The van der Waals surface area contributed by atoms with Crippen LogP contribution in [0, 0.1) is 135 Å². The number of unbranched alkanes of at least 4 members (excludes halogenated alkanes) is 14. The first-order valence-electron chi connectivity index (χ1n) is 44.9. The Hall–Kier alpha value is -4.23. The first-order valence-corrected chi connectivity index (χ1v) is 59.7. The SMILES string of the molecule is CCCCCCCCC(CCCCCC)Cc1c(C)sc2c1SN=Nc1c-2sc(C)c1CC(C)CCCCCC.Cc1cc2c(s1)-c1sc(C)cc1SN=N2.Cc1sc2c(c1C)N=NSc1c-2sc(C)c1CCCCCCO.Cc1sc2c(c1C)N=NSc1c-2sc(C)c1Cl.Cc1sc2c(c1C)N=NSc1c-2sc(C)c1F.[C-]#[N+]c1c(C)sc2c1SN=Nc1c-2sc(C)c1C. The maximum Gasteiger partial charge on any atom is 0.216 e. The number of nitrogens with zero attached hydrogens (tertiary/aromatic N) is 13. The van der Waals surface area contributed by atoms with E-state index in [-0.39, 0.29) is 5.82 Å². The molecule has 2 unspecified atom stereocenters. The van der Waals surface area contributed by atoms with Crippen LogP contribution in [0.1, 0.15) is 260 Å². The lowest BCUT2D eigenvalue weighted by molar-refractivity contribution is 0.282. The van der Waals surface area contributed by atoms with E-state index >= 15 is 0 Å². The molecule has 18 rings (SSSR count). The molecule has 18 heterocycles. The minimum atomic E-state index is -0.148. The predicted molar refractivity (Wildman–Crippen MR) is 580 cm³/mol. The Bertz CT molecular complexity index is 6090. The second-order valence-corrected chi connectivity index (χ2v) is 53.3. The molecule has 14 nitrogen and oxygen atoms in total. The molecular weight excluding hydrogens is 1980 g/mol. The summed E-state index contributed by atoms with van der Waals surface area (Å²) in [5.74, 6) is 1.36. The number of hydrogen-bond acceptors (Lipinski definition) is 31. The number of aliphatic hydroxyl groups excluding tert-OH is 1. The van der Waals surface area contributed by atoms with Gasteiger partial charge in [0.25, 0.3) is 0 Å². The van der Waals surface area contributed by atoms with Gasteiger partial charge in [-0.1, -0.05) is 161 Å². The standard InChI is InChI=1S/C35H58N2S3.C17H22N2OS3.C12H9N3S3.C11H9ClN2S3.C11H9FN2S3.C10H8N2S3/c1-7-10-13-16-17-20-23-29(22-19-15-12-9-3)25-31-28(6)39-35-33(31)40-37-36-32-30(27(5)38-34(32)35)24-26(4)21-18-14-11-8-2;1-10-11(2)21-16-14(10)18-19-23-15-13(12(3)22-17(15)16)8-6-4-5-7-9-20;1-5-6(2)16-10-8(5)14-15-18-11-9(13-4)7(3)17-12(10)11;2*1-4-5(2)15-10-8(4)13-14-17-9-7(12)6(3)16-11(9)10;1-5-3-7-9(13-5)10-8(15-12-11-7)4-6(2)14-10/h26,29H,7-25H2,1-6H3;20H,4-9H2,1-3H3;1-3H3;2*1-3H3;3-4H,1-2H3. The van der Waals surface area contributed by atoms with Gasteiger partial charge in [0, 0.05) is 137 Å². The van der Waals surface area contributed by atoms with E-state index in [0.717, 1.165) is 127 Å². The van der Waals surface area contributed by atoms with Crippen LogP contribution in [-0.4, -0.2) is 11.7 Å². The molecule has 0 fully saturated rings.